The smallest absolute Gasteiger partial charge is 0.293 e. The van der Waals surface area contributed by atoms with Gasteiger partial charge in [0.2, 0.25) is 5.82 Å². The van der Waals surface area contributed by atoms with Gasteiger partial charge in [-0.3, -0.25) is 4.79 Å². The molecule has 1 fully saturated rings. The number of piperazine rings is 1. The predicted octanol–water partition coefficient (Wildman–Crippen LogP) is 0.742. The Morgan fingerprint density at radius 2 is 2.35 bits per heavy atom. The minimum absolute atomic E-state index is 0. The first-order chi connectivity index (χ1) is 9.15. The van der Waals surface area contributed by atoms with Crippen LogP contribution in [0, 0.1) is 0 Å². The lowest BCUT2D eigenvalue weighted by Crippen LogP contribution is -2.52. The number of rotatable bonds is 1. The molecule has 3 heterocycles. The molecule has 20 heavy (non-hydrogen) atoms. The maximum atomic E-state index is 12.4. The predicted molar refractivity (Wildman–Crippen MR) is 79.1 cm³/mol. The highest BCUT2D eigenvalue weighted by Gasteiger charge is 2.27. The van der Waals surface area contributed by atoms with E-state index in [9.17, 15) is 4.79 Å². The number of amides is 1. The second-order valence-electron chi connectivity index (χ2n) is 4.50. The molecule has 2 aromatic rings. The summed E-state index contributed by atoms with van der Waals surface area (Å²) in [6.07, 6.45) is 3.36. The van der Waals surface area contributed by atoms with Crippen LogP contribution in [-0.4, -0.2) is 56.1 Å². The van der Waals surface area contributed by atoms with Gasteiger partial charge in [-0.25, -0.2) is 9.50 Å². The van der Waals surface area contributed by atoms with Gasteiger partial charge in [0.15, 0.2) is 0 Å². The lowest BCUT2D eigenvalue weighted by Gasteiger charge is -2.33. The molecule has 1 N–H and O–H groups in total. The molecular formula is C11H14BrClN6O. The van der Waals surface area contributed by atoms with Crippen molar-refractivity contribution < 1.29 is 4.79 Å². The third-order valence-corrected chi connectivity index (χ3v) is 3.53. The lowest BCUT2D eigenvalue weighted by molar-refractivity contribution is 0.0643. The van der Waals surface area contributed by atoms with Crippen LogP contribution >= 0.6 is 28.3 Å². The van der Waals surface area contributed by atoms with E-state index in [-0.39, 0.29) is 30.2 Å². The molecule has 0 radical (unpaired) electrons. The van der Waals surface area contributed by atoms with Gasteiger partial charge in [0, 0.05) is 38.1 Å². The standard InChI is InChI=1S/C11H13BrN6O.ClH/c1-7-4-13-2-3-17(7)10(19)9-15-11-14-5-8(12)6-18(11)16-9;/h5-7,13H,2-4H2,1H3;1H. The number of hydrogen-bond donors (Lipinski definition) is 1. The number of nitrogens with zero attached hydrogens (tertiary/aromatic N) is 5. The fourth-order valence-electron chi connectivity index (χ4n) is 2.12. The minimum atomic E-state index is -0.143. The highest BCUT2D eigenvalue weighted by atomic mass is 79.9. The Kier molecular flexibility index (Phi) is 4.56. The maximum absolute atomic E-state index is 12.4. The van der Waals surface area contributed by atoms with Crippen LogP contribution in [0.5, 0.6) is 0 Å². The number of hydrogen-bond acceptors (Lipinski definition) is 5. The fraction of sp³-hybridized carbons (Fsp3) is 0.455. The van der Waals surface area contributed by atoms with Crippen molar-refractivity contribution in [3.63, 3.8) is 0 Å². The van der Waals surface area contributed by atoms with E-state index in [1.807, 2.05) is 6.92 Å². The largest absolute Gasteiger partial charge is 0.331 e. The Labute approximate surface area is 130 Å². The van der Waals surface area contributed by atoms with Crippen LogP contribution in [-0.2, 0) is 0 Å². The third kappa shape index (κ3) is 2.77. The first-order valence-electron chi connectivity index (χ1n) is 6.05. The summed E-state index contributed by atoms with van der Waals surface area (Å²) in [4.78, 5) is 22.5. The Morgan fingerprint density at radius 1 is 1.55 bits per heavy atom. The van der Waals surface area contributed by atoms with Gasteiger partial charge in [-0.1, -0.05) is 0 Å². The number of nitrogens with one attached hydrogen (secondary N) is 1. The summed E-state index contributed by atoms with van der Waals surface area (Å²) in [7, 11) is 0. The van der Waals surface area contributed by atoms with E-state index in [2.05, 4.69) is 36.3 Å². The molecule has 0 aromatic carbocycles. The van der Waals surface area contributed by atoms with Gasteiger partial charge in [0.05, 0.1) is 4.47 Å². The second-order valence-corrected chi connectivity index (χ2v) is 5.42. The highest BCUT2D eigenvalue weighted by Crippen LogP contribution is 2.11. The molecule has 1 amide bonds. The molecule has 7 nitrogen and oxygen atoms in total. The van der Waals surface area contributed by atoms with E-state index in [1.165, 1.54) is 4.52 Å². The van der Waals surface area contributed by atoms with Crippen LogP contribution in [0.25, 0.3) is 5.78 Å². The second kappa shape index (κ2) is 6.02. The van der Waals surface area contributed by atoms with Crippen molar-refractivity contribution in [3.05, 3.63) is 22.7 Å². The molecule has 1 atom stereocenters. The Morgan fingerprint density at radius 3 is 3.10 bits per heavy atom. The van der Waals surface area contributed by atoms with Gasteiger partial charge in [0.1, 0.15) is 0 Å². The van der Waals surface area contributed by atoms with E-state index in [0.717, 1.165) is 17.6 Å². The zero-order chi connectivity index (χ0) is 13.4. The number of fused-ring (bicyclic) bond motifs is 1. The summed E-state index contributed by atoms with van der Waals surface area (Å²) in [5.41, 5.74) is 0. The van der Waals surface area contributed by atoms with E-state index in [0.29, 0.717) is 12.3 Å². The summed E-state index contributed by atoms with van der Waals surface area (Å²) >= 11 is 3.31. The van der Waals surface area contributed by atoms with Crippen molar-refractivity contribution in [1.29, 1.82) is 0 Å². The van der Waals surface area contributed by atoms with Crippen molar-refractivity contribution in [3.8, 4) is 0 Å². The minimum Gasteiger partial charge on any atom is -0.331 e. The van der Waals surface area contributed by atoms with Gasteiger partial charge >= 0.3 is 0 Å². The molecular weight excluding hydrogens is 348 g/mol. The van der Waals surface area contributed by atoms with Crippen molar-refractivity contribution in [2.24, 2.45) is 0 Å². The van der Waals surface area contributed by atoms with Gasteiger partial charge in [-0.2, -0.15) is 4.98 Å². The van der Waals surface area contributed by atoms with Gasteiger partial charge in [0.25, 0.3) is 11.7 Å². The van der Waals surface area contributed by atoms with Crippen molar-refractivity contribution in [2.45, 2.75) is 13.0 Å². The van der Waals surface area contributed by atoms with E-state index in [1.54, 1.807) is 17.3 Å². The van der Waals surface area contributed by atoms with Crippen molar-refractivity contribution in [1.82, 2.24) is 29.8 Å². The zero-order valence-corrected chi connectivity index (χ0v) is 13.2. The maximum Gasteiger partial charge on any atom is 0.293 e. The summed E-state index contributed by atoms with van der Waals surface area (Å²) in [5.74, 6) is 0.476. The van der Waals surface area contributed by atoms with Crippen molar-refractivity contribution in [2.75, 3.05) is 19.6 Å². The molecule has 9 heteroatoms. The number of carbonyl (C=O) groups excluding carboxylic acids is 1. The van der Waals surface area contributed by atoms with Crippen LogP contribution in [0.3, 0.4) is 0 Å². The molecule has 0 bridgehead atoms. The van der Waals surface area contributed by atoms with Crippen LogP contribution in [0.4, 0.5) is 0 Å². The Balaban J connectivity index is 0.00000147. The first-order valence-corrected chi connectivity index (χ1v) is 6.84. The van der Waals surface area contributed by atoms with Crippen LogP contribution in [0.1, 0.15) is 17.5 Å². The first kappa shape index (κ1) is 15.1. The topological polar surface area (TPSA) is 75.4 Å². The number of halogens is 2. The fourth-order valence-corrected chi connectivity index (χ4v) is 2.42. The van der Waals surface area contributed by atoms with E-state index >= 15 is 0 Å². The molecule has 1 saturated heterocycles. The van der Waals surface area contributed by atoms with E-state index in [4.69, 9.17) is 0 Å². The third-order valence-electron chi connectivity index (χ3n) is 3.12. The molecule has 1 aliphatic rings. The Bertz CT molecular complexity index is 632. The molecule has 1 aliphatic heterocycles. The van der Waals surface area contributed by atoms with Gasteiger partial charge in [-0.15, -0.1) is 17.5 Å². The molecule has 3 rings (SSSR count). The SMILES string of the molecule is CC1CNCCN1C(=O)c1nc2ncc(Br)cn2n1.Cl. The number of aromatic nitrogens is 4. The molecule has 0 spiro atoms. The molecule has 0 saturated carbocycles. The quantitative estimate of drug-likeness (QED) is 0.811. The summed E-state index contributed by atoms with van der Waals surface area (Å²) in [5, 5.41) is 7.43. The molecule has 0 aliphatic carbocycles. The monoisotopic (exact) mass is 360 g/mol. The van der Waals surface area contributed by atoms with Gasteiger partial charge < -0.3 is 10.2 Å². The Hall–Kier alpha value is -1.25. The summed E-state index contributed by atoms with van der Waals surface area (Å²) in [6, 6.07) is 0.146. The van der Waals surface area contributed by atoms with Gasteiger partial charge in [-0.05, 0) is 22.9 Å². The average Bonchev–Trinajstić information content (AvgIpc) is 2.81. The normalized spacial score (nSPS) is 18.9. The van der Waals surface area contributed by atoms with Crippen molar-refractivity contribution >= 4 is 40.0 Å². The number of carbonyl (C=O) groups is 1. The lowest BCUT2D eigenvalue weighted by atomic mass is 10.2. The molecule has 108 valence electrons. The average molecular weight is 362 g/mol. The molecule has 1 unspecified atom stereocenters. The highest BCUT2D eigenvalue weighted by molar-refractivity contribution is 9.10. The van der Waals surface area contributed by atoms with Crippen LogP contribution in [0.2, 0.25) is 0 Å². The zero-order valence-electron chi connectivity index (χ0n) is 10.8. The van der Waals surface area contributed by atoms with Crippen LogP contribution in [0.15, 0.2) is 16.9 Å². The summed E-state index contributed by atoms with van der Waals surface area (Å²) in [6.45, 7) is 4.28. The van der Waals surface area contributed by atoms with E-state index < -0.39 is 0 Å². The summed E-state index contributed by atoms with van der Waals surface area (Å²) < 4.78 is 2.30. The van der Waals surface area contributed by atoms with Crippen LogP contribution < -0.4 is 5.32 Å². The molecule has 2 aromatic heterocycles.